The summed E-state index contributed by atoms with van der Waals surface area (Å²) < 4.78 is 5.20. The quantitative estimate of drug-likeness (QED) is 0.617. The minimum Gasteiger partial charge on any atom is -0.343 e. The van der Waals surface area contributed by atoms with Gasteiger partial charge in [0.25, 0.3) is 0 Å². The van der Waals surface area contributed by atoms with E-state index in [1.54, 1.807) is 4.90 Å². The van der Waals surface area contributed by atoms with Gasteiger partial charge in [-0.25, -0.2) is 4.98 Å². The third kappa shape index (κ3) is 4.92. The number of aryl methyl sites for hydroxylation is 2. The number of imidazole rings is 1. The minimum absolute atomic E-state index is 0.195. The molecule has 1 saturated heterocycles. The van der Waals surface area contributed by atoms with Gasteiger partial charge in [0.15, 0.2) is 5.82 Å². The summed E-state index contributed by atoms with van der Waals surface area (Å²) in [6.07, 6.45) is 4.95. The van der Waals surface area contributed by atoms with E-state index >= 15 is 0 Å². The number of aromatic amines is 1. The van der Waals surface area contributed by atoms with Gasteiger partial charge >= 0.3 is 6.01 Å². The molecule has 30 heavy (non-hydrogen) atoms. The van der Waals surface area contributed by atoms with Crippen molar-refractivity contribution in [2.24, 2.45) is 5.92 Å². The second kappa shape index (κ2) is 9.04. The van der Waals surface area contributed by atoms with Crippen LogP contribution in [0.15, 0.2) is 22.7 Å². The van der Waals surface area contributed by atoms with Crippen LogP contribution in [-0.2, 0) is 17.6 Å². The monoisotopic (exact) mass is 430 g/mol. The van der Waals surface area contributed by atoms with E-state index in [0.717, 1.165) is 61.5 Å². The maximum Gasteiger partial charge on any atom is 0.323 e. The van der Waals surface area contributed by atoms with Crippen molar-refractivity contribution in [3.63, 3.8) is 0 Å². The number of rotatable bonds is 7. The molecule has 1 aliphatic rings. The number of likely N-dealkylation sites (tertiary alicyclic amines) is 1. The van der Waals surface area contributed by atoms with E-state index in [9.17, 15) is 4.79 Å². The van der Waals surface area contributed by atoms with Crippen LogP contribution >= 0.6 is 11.6 Å². The molecule has 0 bridgehead atoms. The number of piperidine rings is 1. The van der Waals surface area contributed by atoms with E-state index in [-0.39, 0.29) is 5.91 Å². The summed E-state index contributed by atoms with van der Waals surface area (Å²) in [5.41, 5.74) is 1.78. The van der Waals surface area contributed by atoms with E-state index < -0.39 is 0 Å². The molecular weight excluding hydrogens is 404 g/mol. The molecule has 1 amide bonds. The first-order chi connectivity index (χ1) is 14.5. The molecular formula is C21H27ClN6O2. The second-order valence-electron chi connectivity index (χ2n) is 8.10. The number of hydrogen-bond donors (Lipinski definition) is 1. The number of nitrogens with one attached hydrogen (secondary N) is 1. The molecule has 0 atom stereocenters. The van der Waals surface area contributed by atoms with Gasteiger partial charge in [0, 0.05) is 51.5 Å². The van der Waals surface area contributed by atoms with Crippen LogP contribution in [0, 0.1) is 5.92 Å². The number of hydrogen-bond acceptors (Lipinski definition) is 6. The van der Waals surface area contributed by atoms with Gasteiger partial charge in [-0.15, -0.1) is 0 Å². The van der Waals surface area contributed by atoms with Gasteiger partial charge < -0.3 is 19.3 Å². The smallest absolute Gasteiger partial charge is 0.323 e. The van der Waals surface area contributed by atoms with E-state index in [1.165, 1.54) is 0 Å². The number of fused-ring (bicyclic) bond motifs is 1. The van der Waals surface area contributed by atoms with Gasteiger partial charge in [0.2, 0.25) is 5.91 Å². The normalized spacial score (nSPS) is 15.1. The lowest BCUT2D eigenvalue weighted by Crippen LogP contribution is -2.38. The molecule has 1 aliphatic heterocycles. The Labute approximate surface area is 180 Å². The van der Waals surface area contributed by atoms with Crippen LogP contribution in [0.2, 0.25) is 5.02 Å². The van der Waals surface area contributed by atoms with Crippen LogP contribution in [0.5, 0.6) is 0 Å². The number of H-pyrrole nitrogens is 1. The lowest BCUT2D eigenvalue weighted by atomic mass is 9.92. The maximum absolute atomic E-state index is 12.6. The molecule has 4 rings (SSSR count). The summed E-state index contributed by atoms with van der Waals surface area (Å²) in [6.45, 7) is 1.63. The van der Waals surface area contributed by atoms with E-state index in [1.807, 2.05) is 37.2 Å². The third-order valence-electron chi connectivity index (χ3n) is 5.65. The Bertz CT molecular complexity index is 1010. The fourth-order valence-electron chi connectivity index (χ4n) is 3.87. The zero-order valence-corrected chi connectivity index (χ0v) is 18.2. The number of halogens is 1. The standard InChI is InChI=1S/C21H27ClN6O2/c1-27(2)21-25-19(26-30-21)6-3-14-9-11-28(12-10-14)20(29)8-7-18-23-16-5-4-15(22)13-17(16)24-18/h4-5,13-14H,3,6-12H2,1-2H3,(H,23,24). The molecule has 3 aromatic rings. The summed E-state index contributed by atoms with van der Waals surface area (Å²) in [4.78, 5) is 28.6. The predicted molar refractivity (Wildman–Crippen MR) is 116 cm³/mol. The molecule has 1 fully saturated rings. The van der Waals surface area contributed by atoms with Crippen molar-refractivity contribution in [2.75, 3.05) is 32.1 Å². The first kappa shape index (κ1) is 20.7. The number of nitrogens with zero attached hydrogens (tertiary/aromatic N) is 5. The molecule has 0 aliphatic carbocycles. The lowest BCUT2D eigenvalue weighted by molar-refractivity contribution is -0.132. The fraction of sp³-hybridized carbons (Fsp3) is 0.524. The molecule has 0 unspecified atom stereocenters. The van der Waals surface area contributed by atoms with Crippen LogP contribution in [-0.4, -0.2) is 58.1 Å². The third-order valence-corrected chi connectivity index (χ3v) is 5.89. The predicted octanol–water partition coefficient (Wildman–Crippen LogP) is 3.47. The molecule has 160 valence electrons. The SMILES string of the molecule is CN(C)c1nc(CCC2CCN(C(=O)CCc3nc4ccc(Cl)cc4[nH]3)CC2)no1. The van der Waals surface area contributed by atoms with Crippen molar-refractivity contribution in [2.45, 2.75) is 38.5 Å². The molecule has 8 nitrogen and oxygen atoms in total. The van der Waals surface area contributed by atoms with Crippen LogP contribution in [0.3, 0.4) is 0 Å². The van der Waals surface area contributed by atoms with Gasteiger partial charge in [0.1, 0.15) is 5.82 Å². The molecule has 2 aromatic heterocycles. The Hall–Kier alpha value is -2.61. The average molecular weight is 431 g/mol. The van der Waals surface area contributed by atoms with Gasteiger partial charge in [-0.3, -0.25) is 4.79 Å². The summed E-state index contributed by atoms with van der Waals surface area (Å²) in [5, 5.41) is 4.71. The van der Waals surface area contributed by atoms with Crippen LogP contribution in [0.1, 0.15) is 37.3 Å². The Morgan fingerprint density at radius 2 is 2.07 bits per heavy atom. The van der Waals surface area contributed by atoms with Crippen molar-refractivity contribution in [3.8, 4) is 0 Å². The number of benzene rings is 1. The Kier molecular flexibility index (Phi) is 6.22. The summed E-state index contributed by atoms with van der Waals surface area (Å²) in [6, 6.07) is 6.11. The first-order valence-corrected chi connectivity index (χ1v) is 10.8. The van der Waals surface area contributed by atoms with E-state index in [2.05, 4.69) is 20.1 Å². The molecule has 1 aromatic carbocycles. The van der Waals surface area contributed by atoms with Crippen LogP contribution < -0.4 is 4.90 Å². The molecule has 3 heterocycles. The highest BCUT2D eigenvalue weighted by Crippen LogP contribution is 2.23. The van der Waals surface area contributed by atoms with Crippen molar-refractivity contribution < 1.29 is 9.32 Å². The Morgan fingerprint density at radius 3 is 2.80 bits per heavy atom. The molecule has 0 saturated carbocycles. The second-order valence-corrected chi connectivity index (χ2v) is 8.53. The van der Waals surface area contributed by atoms with Crippen molar-refractivity contribution in [1.82, 2.24) is 25.0 Å². The van der Waals surface area contributed by atoms with Crippen molar-refractivity contribution in [1.29, 1.82) is 0 Å². The highest BCUT2D eigenvalue weighted by molar-refractivity contribution is 6.31. The summed E-state index contributed by atoms with van der Waals surface area (Å²) >= 11 is 6.02. The van der Waals surface area contributed by atoms with Gasteiger partial charge in [-0.2, -0.15) is 4.98 Å². The summed E-state index contributed by atoms with van der Waals surface area (Å²) in [5.74, 6) is 2.37. The minimum atomic E-state index is 0.195. The fourth-order valence-corrected chi connectivity index (χ4v) is 4.04. The van der Waals surface area contributed by atoms with Crippen molar-refractivity contribution >= 4 is 34.6 Å². The van der Waals surface area contributed by atoms with Crippen LogP contribution in [0.25, 0.3) is 11.0 Å². The number of carbonyl (C=O) groups excluding carboxylic acids is 1. The maximum atomic E-state index is 12.6. The topological polar surface area (TPSA) is 91.2 Å². The van der Waals surface area contributed by atoms with Gasteiger partial charge in [-0.05, 0) is 43.4 Å². The lowest BCUT2D eigenvalue weighted by Gasteiger charge is -2.32. The number of anilines is 1. The van der Waals surface area contributed by atoms with Gasteiger partial charge in [-0.1, -0.05) is 16.8 Å². The Balaban J connectivity index is 1.20. The van der Waals surface area contributed by atoms with E-state index in [4.69, 9.17) is 16.1 Å². The van der Waals surface area contributed by atoms with Crippen LogP contribution in [0.4, 0.5) is 6.01 Å². The highest BCUT2D eigenvalue weighted by atomic mass is 35.5. The zero-order valence-electron chi connectivity index (χ0n) is 17.4. The number of amides is 1. The van der Waals surface area contributed by atoms with Gasteiger partial charge in [0.05, 0.1) is 11.0 Å². The zero-order chi connectivity index (χ0) is 21.1. The average Bonchev–Trinajstić information content (AvgIpc) is 3.37. The molecule has 1 N–H and O–H groups in total. The van der Waals surface area contributed by atoms with Crippen molar-refractivity contribution in [3.05, 3.63) is 34.9 Å². The molecule has 9 heteroatoms. The number of carbonyl (C=O) groups is 1. The number of aromatic nitrogens is 4. The molecule has 0 spiro atoms. The Morgan fingerprint density at radius 1 is 1.27 bits per heavy atom. The van der Waals surface area contributed by atoms with E-state index in [0.29, 0.717) is 29.8 Å². The largest absolute Gasteiger partial charge is 0.343 e. The molecule has 0 radical (unpaired) electrons. The first-order valence-electron chi connectivity index (χ1n) is 10.4. The highest BCUT2D eigenvalue weighted by Gasteiger charge is 2.23. The summed E-state index contributed by atoms with van der Waals surface area (Å²) in [7, 11) is 3.77.